The smallest absolute Gasteiger partial charge is 0.191 e. The van der Waals surface area contributed by atoms with E-state index in [4.69, 9.17) is 0 Å². The molecule has 1 unspecified atom stereocenters. The van der Waals surface area contributed by atoms with Crippen LogP contribution >= 0.6 is 11.3 Å². The van der Waals surface area contributed by atoms with E-state index in [9.17, 15) is 0 Å². The van der Waals surface area contributed by atoms with E-state index >= 15 is 0 Å². The Morgan fingerprint density at radius 1 is 1.20 bits per heavy atom. The number of hydrogen-bond donors (Lipinski definition) is 2. The van der Waals surface area contributed by atoms with Crippen molar-refractivity contribution in [3.05, 3.63) is 15.6 Å². The van der Waals surface area contributed by atoms with Gasteiger partial charge in [-0.05, 0) is 26.8 Å². The summed E-state index contributed by atoms with van der Waals surface area (Å²) < 4.78 is 0. The summed E-state index contributed by atoms with van der Waals surface area (Å²) in [7, 11) is 4.04. The van der Waals surface area contributed by atoms with Gasteiger partial charge in [-0.25, -0.2) is 4.98 Å². The van der Waals surface area contributed by atoms with Crippen LogP contribution in [0.25, 0.3) is 0 Å². The van der Waals surface area contributed by atoms with Crippen molar-refractivity contribution in [2.24, 2.45) is 10.9 Å². The second kappa shape index (κ2) is 9.50. The van der Waals surface area contributed by atoms with Gasteiger partial charge in [0.25, 0.3) is 0 Å². The lowest BCUT2D eigenvalue weighted by Crippen LogP contribution is -2.55. The van der Waals surface area contributed by atoms with Gasteiger partial charge in [-0.15, -0.1) is 11.3 Å². The van der Waals surface area contributed by atoms with Gasteiger partial charge in [0, 0.05) is 50.7 Å². The fraction of sp³-hybridized carbons (Fsp3) is 0.778. The van der Waals surface area contributed by atoms with Crippen LogP contribution in [0.2, 0.25) is 0 Å². The third-order valence-corrected chi connectivity index (χ3v) is 5.97. The minimum atomic E-state index is 0.527. The molecule has 0 amide bonds. The monoisotopic (exact) mass is 366 g/mol. The molecule has 0 saturated carbocycles. The number of thiazole rings is 1. The molecule has 1 aromatic rings. The van der Waals surface area contributed by atoms with E-state index in [0.29, 0.717) is 12.0 Å². The van der Waals surface area contributed by atoms with E-state index in [1.54, 1.807) is 11.3 Å². The van der Waals surface area contributed by atoms with Crippen molar-refractivity contribution in [1.29, 1.82) is 0 Å². The Balaban J connectivity index is 1.86. The number of aliphatic imine (C=N–C) groups is 1. The summed E-state index contributed by atoms with van der Waals surface area (Å²) in [6, 6.07) is 0.527. The van der Waals surface area contributed by atoms with E-state index in [0.717, 1.165) is 55.9 Å². The lowest BCUT2D eigenvalue weighted by Gasteiger charge is -2.40. The molecule has 2 N–H and O–H groups in total. The van der Waals surface area contributed by atoms with E-state index in [-0.39, 0.29) is 0 Å². The number of likely N-dealkylation sites (N-methyl/N-ethyl adjacent to an activating group) is 1. The Morgan fingerprint density at radius 2 is 1.88 bits per heavy atom. The molecule has 6 nitrogen and oxygen atoms in total. The Morgan fingerprint density at radius 3 is 2.40 bits per heavy atom. The van der Waals surface area contributed by atoms with Crippen molar-refractivity contribution >= 4 is 17.3 Å². The van der Waals surface area contributed by atoms with Crippen molar-refractivity contribution in [2.45, 2.75) is 40.3 Å². The molecule has 2 rings (SSSR count). The van der Waals surface area contributed by atoms with Crippen molar-refractivity contribution in [3.8, 4) is 0 Å². The first kappa shape index (κ1) is 20.1. The zero-order chi connectivity index (χ0) is 18.4. The molecule has 142 valence electrons. The first-order valence-electron chi connectivity index (χ1n) is 9.20. The number of guanidine groups is 1. The first-order valence-corrected chi connectivity index (χ1v) is 10.0. The van der Waals surface area contributed by atoms with Gasteiger partial charge in [0.2, 0.25) is 0 Å². The number of aromatic nitrogens is 1. The van der Waals surface area contributed by atoms with E-state index in [1.807, 2.05) is 7.05 Å². The number of piperazine rings is 1. The maximum atomic E-state index is 4.49. The van der Waals surface area contributed by atoms with Crippen LogP contribution in [0, 0.1) is 19.8 Å². The van der Waals surface area contributed by atoms with Crippen LogP contribution in [-0.4, -0.2) is 73.6 Å². The van der Waals surface area contributed by atoms with Crippen LogP contribution in [0.15, 0.2) is 4.99 Å². The maximum absolute atomic E-state index is 4.49. The lowest BCUT2D eigenvalue weighted by atomic mass is 10.0. The van der Waals surface area contributed by atoms with E-state index < -0.39 is 0 Å². The zero-order valence-electron chi connectivity index (χ0n) is 16.6. The summed E-state index contributed by atoms with van der Waals surface area (Å²) in [5.74, 6) is 1.48. The summed E-state index contributed by atoms with van der Waals surface area (Å²) >= 11 is 1.75. The van der Waals surface area contributed by atoms with Crippen molar-refractivity contribution in [3.63, 3.8) is 0 Å². The molecule has 0 spiro atoms. The Bertz CT molecular complexity index is 560. The molecule has 0 aliphatic carbocycles. The molecule has 1 aliphatic rings. The van der Waals surface area contributed by atoms with E-state index in [1.165, 1.54) is 4.88 Å². The summed E-state index contributed by atoms with van der Waals surface area (Å²) in [4.78, 5) is 15.2. The fourth-order valence-corrected chi connectivity index (χ4v) is 4.14. The molecule has 1 fully saturated rings. The number of hydrogen-bond acceptors (Lipinski definition) is 5. The average molecular weight is 367 g/mol. The highest BCUT2D eigenvalue weighted by Gasteiger charge is 2.25. The van der Waals surface area contributed by atoms with Gasteiger partial charge in [-0.1, -0.05) is 13.8 Å². The third-order valence-electron chi connectivity index (χ3n) is 4.89. The molecule has 1 aromatic heterocycles. The second-order valence-corrected chi connectivity index (χ2v) is 8.49. The summed E-state index contributed by atoms with van der Waals surface area (Å²) in [6.45, 7) is 15.0. The molecule has 0 bridgehead atoms. The first-order chi connectivity index (χ1) is 11.9. The quantitative estimate of drug-likeness (QED) is 0.593. The average Bonchev–Trinajstić information content (AvgIpc) is 2.89. The topological polar surface area (TPSA) is 55.8 Å². The van der Waals surface area contributed by atoms with Crippen LogP contribution in [0.1, 0.15) is 29.4 Å². The van der Waals surface area contributed by atoms with Gasteiger partial charge < -0.3 is 15.5 Å². The molecule has 25 heavy (non-hydrogen) atoms. The van der Waals surface area contributed by atoms with Gasteiger partial charge in [0.15, 0.2) is 5.96 Å². The fourth-order valence-electron chi connectivity index (χ4n) is 3.26. The number of rotatable bonds is 6. The normalized spacial score (nSPS) is 18.6. The van der Waals surface area contributed by atoms with Crippen molar-refractivity contribution in [1.82, 2.24) is 25.4 Å². The van der Waals surface area contributed by atoms with Gasteiger partial charge in [-0.2, -0.15) is 0 Å². The number of aryl methyl sites for hydroxylation is 2. The SMILES string of the molecule is CN=C(NCc1sc(C)nc1C)NCC(C(C)C)N1CCN(C)CC1. The van der Waals surface area contributed by atoms with Crippen molar-refractivity contribution in [2.75, 3.05) is 46.8 Å². The van der Waals surface area contributed by atoms with Gasteiger partial charge >= 0.3 is 0 Å². The molecule has 7 heteroatoms. The van der Waals surface area contributed by atoms with Gasteiger partial charge in [-0.3, -0.25) is 9.89 Å². The van der Waals surface area contributed by atoms with Crippen LogP contribution in [0.5, 0.6) is 0 Å². The number of nitrogens with zero attached hydrogens (tertiary/aromatic N) is 4. The molecule has 1 aliphatic heterocycles. The second-order valence-electron chi connectivity index (χ2n) is 7.20. The van der Waals surface area contributed by atoms with E-state index in [2.05, 4.69) is 65.2 Å². The van der Waals surface area contributed by atoms with Crippen LogP contribution in [0.4, 0.5) is 0 Å². The minimum absolute atomic E-state index is 0.527. The maximum Gasteiger partial charge on any atom is 0.191 e. The molecule has 0 radical (unpaired) electrons. The van der Waals surface area contributed by atoms with Crippen molar-refractivity contribution < 1.29 is 0 Å². The predicted octanol–water partition coefficient (Wildman–Crippen LogP) is 1.70. The molecule has 1 atom stereocenters. The Labute approximate surface area is 156 Å². The van der Waals surface area contributed by atoms with Gasteiger partial charge in [0.1, 0.15) is 0 Å². The van der Waals surface area contributed by atoms with Crippen LogP contribution in [0.3, 0.4) is 0 Å². The summed E-state index contributed by atoms with van der Waals surface area (Å²) in [5.41, 5.74) is 1.11. The molecule has 1 saturated heterocycles. The predicted molar refractivity (Wildman–Crippen MR) is 107 cm³/mol. The molecule has 2 heterocycles. The Kier molecular flexibility index (Phi) is 7.65. The third kappa shape index (κ3) is 5.94. The van der Waals surface area contributed by atoms with Crippen LogP contribution in [-0.2, 0) is 6.54 Å². The largest absolute Gasteiger partial charge is 0.355 e. The number of nitrogens with one attached hydrogen (secondary N) is 2. The Hall–Kier alpha value is -1.18. The zero-order valence-corrected chi connectivity index (χ0v) is 17.4. The highest BCUT2D eigenvalue weighted by molar-refractivity contribution is 7.11. The van der Waals surface area contributed by atoms with Crippen LogP contribution < -0.4 is 10.6 Å². The van der Waals surface area contributed by atoms with Gasteiger partial charge in [0.05, 0.1) is 17.2 Å². The summed E-state index contributed by atoms with van der Waals surface area (Å²) in [5, 5.41) is 8.07. The standard InChI is InChI=1S/C18H34N6S/c1-13(2)16(24-9-7-23(6)8-10-24)11-20-18(19-5)21-12-17-14(3)22-15(4)25-17/h13,16H,7-12H2,1-6H3,(H2,19,20,21). The lowest BCUT2D eigenvalue weighted by molar-refractivity contribution is 0.0900. The summed E-state index contributed by atoms with van der Waals surface area (Å²) in [6.07, 6.45) is 0. The highest BCUT2D eigenvalue weighted by atomic mass is 32.1. The molecule has 0 aromatic carbocycles. The highest BCUT2D eigenvalue weighted by Crippen LogP contribution is 2.16. The molecular weight excluding hydrogens is 332 g/mol. The minimum Gasteiger partial charge on any atom is -0.355 e. The molecular formula is C18H34N6S.